The summed E-state index contributed by atoms with van der Waals surface area (Å²) in [7, 11) is -3.30. The third-order valence-electron chi connectivity index (χ3n) is 2.39. The molecule has 100 valence electrons. The van der Waals surface area contributed by atoms with Crippen LogP contribution in [-0.4, -0.2) is 61.9 Å². The molecule has 1 rings (SSSR count). The zero-order valence-corrected chi connectivity index (χ0v) is 11.8. The first-order valence-electron chi connectivity index (χ1n) is 5.32. The summed E-state index contributed by atoms with van der Waals surface area (Å²) in [6.07, 6.45) is 0.805. The molecule has 0 saturated carbocycles. The average Bonchev–Trinajstić information content (AvgIpc) is 2.12. The van der Waals surface area contributed by atoms with Crippen molar-refractivity contribution in [3.8, 4) is 0 Å². The first-order valence-corrected chi connectivity index (χ1v) is 7.92. The van der Waals surface area contributed by atoms with Gasteiger partial charge in [-0.2, -0.15) is 0 Å². The number of nitrogens with zero attached hydrogens (tertiary/aromatic N) is 1. The molecule has 0 N–H and O–H groups in total. The molecule has 17 heavy (non-hydrogen) atoms. The van der Waals surface area contributed by atoms with E-state index in [4.69, 9.17) is 16.3 Å². The zero-order chi connectivity index (χ0) is 13.3. The number of rotatable bonds is 3. The Kier molecular flexibility index (Phi) is 4.43. The molecule has 1 aliphatic rings. The largest absolute Gasteiger partial charge is 0.367 e. The maximum absolute atomic E-state index is 11.8. The number of amides is 1. The van der Waals surface area contributed by atoms with Gasteiger partial charge >= 0.3 is 0 Å². The fraction of sp³-hybridized carbons (Fsp3) is 0.900. The van der Waals surface area contributed by atoms with Crippen molar-refractivity contribution in [3.63, 3.8) is 0 Å². The van der Waals surface area contributed by atoms with Crippen molar-refractivity contribution in [2.45, 2.75) is 25.6 Å². The lowest BCUT2D eigenvalue weighted by Gasteiger charge is -2.42. The third kappa shape index (κ3) is 4.81. The topological polar surface area (TPSA) is 63.7 Å². The number of halogens is 1. The Labute approximate surface area is 107 Å². The van der Waals surface area contributed by atoms with Gasteiger partial charge < -0.3 is 9.64 Å². The Hall–Kier alpha value is -0.330. The predicted molar refractivity (Wildman–Crippen MR) is 66.0 cm³/mol. The smallest absolute Gasteiger partial charge is 0.237 e. The van der Waals surface area contributed by atoms with E-state index in [1.807, 2.05) is 13.8 Å². The number of hydrogen-bond donors (Lipinski definition) is 0. The summed E-state index contributed by atoms with van der Waals surface area (Å²) in [6, 6.07) is 0. The fourth-order valence-corrected chi connectivity index (χ4v) is 2.67. The third-order valence-corrected chi connectivity index (χ3v) is 3.51. The van der Waals surface area contributed by atoms with Crippen molar-refractivity contribution >= 4 is 27.3 Å². The van der Waals surface area contributed by atoms with Crippen molar-refractivity contribution in [3.05, 3.63) is 0 Å². The molecule has 1 atom stereocenters. The van der Waals surface area contributed by atoms with Gasteiger partial charge in [-0.25, -0.2) is 8.42 Å². The number of carbonyl (C=O) groups is 1. The Balaban J connectivity index is 2.73. The van der Waals surface area contributed by atoms with Crippen LogP contribution in [0.25, 0.3) is 0 Å². The van der Waals surface area contributed by atoms with Gasteiger partial charge in [-0.1, -0.05) is 0 Å². The van der Waals surface area contributed by atoms with Gasteiger partial charge in [0.15, 0.2) is 9.84 Å². The Morgan fingerprint density at radius 1 is 1.53 bits per heavy atom. The van der Waals surface area contributed by atoms with E-state index in [0.29, 0.717) is 13.1 Å². The lowest BCUT2D eigenvalue weighted by atomic mass is 10.1. The fourth-order valence-electron chi connectivity index (χ4n) is 1.88. The minimum Gasteiger partial charge on any atom is -0.367 e. The Morgan fingerprint density at radius 3 is 2.59 bits per heavy atom. The van der Waals surface area contributed by atoms with Crippen LogP contribution in [-0.2, 0) is 19.4 Å². The van der Waals surface area contributed by atoms with Crippen LogP contribution in [0.3, 0.4) is 0 Å². The molecule has 7 heteroatoms. The highest BCUT2D eigenvalue weighted by Crippen LogP contribution is 2.21. The molecule has 0 spiro atoms. The van der Waals surface area contributed by atoms with Crippen LogP contribution in [0, 0.1) is 0 Å². The number of ether oxygens (including phenoxy) is 1. The van der Waals surface area contributed by atoms with Gasteiger partial charge in [0.1, 0.15) is 5.75 Å². The van der Waals surface area contributed by atoms with Crippen LogP contribution >= 0.6 is 11.6 Å². The number of hydrogen-bond acceptors (Lipinski definition) is 4. The van der Waals surface area contributed by atoms with Crippen molar-refractivity contribution in [1.29, 1.82) is 0 Å². The monoisotopic (exact) mass is 283 g/mol. The highest BCUT2D eigenvalue weighted by molar-refractivity contribution is 7.91. The highest BCUT2D eigenvalue weighted by Gasteiger charge is 2.35. The minimum atomic E-state index is -3.30. The van der Waals surface area contributed by atoms with Crippen LogP contribution in [0.2, 0.25) is 0 Å². The molecule has 1 amide bonds. The Morgan fingerprint density at radius 2 is 2.12 bits per heavy atom. The minimum absolute atomic E-state index is 0.246. The summed E-state index contributed by atoms with van der Waals surface area (Å²) in [6.45, 7) is 4.44. The molecule has 1 saturated heterocycles. The van der Waals surface area contributed by atoms with Crippen molar-refractivity contribution < 1.29 is 17.9 Å². The molecule has 0 bridgehead atoms. The molecule has 1 heterocycles. The Bertz CT molecular complexity index is 393. The van der Waals surface area contributed by atoms with Gasteiger partial charge in [0, 0.05) is 19.3 Å². The summed E-state index contributed by atoms with van der Waals surface area (Å²) in [5, 5.41) is 0. The van der Waals surface area contributed by atoms with E-state index >= 15 is 0 Å². The lowest BCUT2D eigenvalue weighted by Crippen LogP contribution is -2.56. The van der Waals surface area contributed by atoms with E-state index in [-0.39, 0.29) is 17.9 Å². The predicted octanol–water partition coefficient (Wildman–Crippen LogP) is 0.276. The van der Waals surface area contributed by atoms with E-state index in [0.717, 1.165) is 6.26 Å². The summed E-state index contributed by atoms with van der Waals surface area (Å²) in [5.74, 6) is -0.566. The van der Waals surface area contributed by atoms with E-state index in [1.54, 1.807) is 0 Å². The van der Waals surface area contributed by atoms with E-state index in [2.05, 4.69) is 0 Å². The van der Waals surface area contributed by atoms with Crippen LogP contribution < -0.4 is 0 Å². The summed E-state index contributed by atoms with van der Waals surface area (Å²) < 4.78 is 27.8. The summed E-state index contributed by atoms with van der Waals surface area (Å²) >= 11 is 5.73. The maximum atomic E-state index is 11.8. The molecule has 1 fully saturated rings. The van der Waals surface area contributed by atoms with E-state index in [9.17, 15) is 13.2 Å². The quantitative estimate of drug-likeness (QED) is 0.698. The normalized spacial score (nSPS) is 24.7. The first-order chi connectivity index (χ1) is 7.63. The van der Waals surface area contributed by atoms with E-state index in [1.165, 1.54) is 4.90 Å². The van der Waals surface area contributed by atoms with Crippen LogP contribution in [0.5, 0.6) is 0 Å². The molecule has 0 aliphatic carbocycles. The average molecular weight is 284 g/mol. The summed E-state index contributed by atoms with van der Waals surface area (Å²) in [5.41, 5.74) is -0.495. The molecule has 0 radical (unpaired) electrons. The van der Waals surface area contributed by atoms with Gasteiger partial charge in [-0.3, -0.25) is 4.79 Å². The van der Waals surface area contributed by atoms with Gasteiger partial charge in [0.05, 0.1) is 17.6 Å². The summed E-state index contributed by atoms with van der Waals surface area (Å²) in [4.78, 5) is 13.3. The molecule has 0 aromatic rings. The lowest BCUT2D eigenvalue weighted by molar-refractivity contribution is -0.155. The standard InChI is InChI=1S/C10H18ClNO4S/c1-10(2)7-12(5-8(4-11)16-10)9(13)6-17(3,14)15/h8H,4-7H2,1-3H3. The molecule has 1 aliphatic heterocycles. The van der Waals surface area contributed by atoms with Crippen molar-refractivity contribution in [2.75, 3.05) is 31.0 Å². The molecule has 1 unspecified atom stereocenters. The molecular formula is C10H18ClNO4S. The molecule has 0 aromatic heterocycles. The number of carbonyl (C=O) groups excluding carboxylic acids is 1. The zero-order valence-electron chi connectivity index (χ0n) is 10.3. The maximum Gasteiger partial charge on any atom is 0.237 e. The van der Waals surface area contributed by atoms with Crippen LogP contribution in [0.1, 0.15) is 13.8 Å². The number of sulfone groups is 1. The van der Waals surface area contributed by atoms with Crippen molar-refractivity contribution in [1.82, 2.24) is 4.90 Å². The van der Waals surface area contributed by atoms with Gasteiger partial charge in [0.2, 0.25) is 5.91 Å². The molecule has 5 nitrogen and oxygen atoms in total. The number of morpholine rings is 1. The first kappa shape index (κ1) is 14.7. The van der Waals surface area contributed by atoms with Gasteiger partial charge in [-0.15, -0.1) is 11.6 Å². The second kappa shape index (κ2) is 5.12. The van der Waals surface area contributed by atoms with Gasteiger partial charge in [-0.05, 0) is 13.8 Å². The number of alkyl halides is 1. The van der Waals surface area contributed by atoms with Gasteiger partial charge in [0.25, 0.3) is 0 Å². The second-order valence-electron chi connectivity index (χ2n) is 5.00. The molecule has 0 aromatic carbocycles. The SMILES string of the molecule is CC1(C)CN(C(=O)CS(C)(=O)=O)CC(CCl)O1. The van der Waals surface area contributed by atoms with Crippen molar-refractivity contribution in [2.24, 2.45) is 0 Å². The molecular weight excluding hydrogens is 266 g/mol. The second-order valence-corrected chi connectivity index (χ2v) is 7.45. The van der Waals surface area contributed by atoms with Crippen LogP contribution in [0.4, 0.5) is 0 Å². The van der Waals surface area contributed by atoms with E-state index < -0.39 is 21.2 Å². The van der Waals surface area contributed by atoms with Crippen LogP contribution in [0.15, 0.2) is 0 Å². The highest BCUT2D eigenvalue weighted by atomic mass is 35.5.